The molecule has 0 spiro atoms. The van der Waals surface area contributed by atoms with Crippen molar-refractivity contribution < 1.29 is 13.9 Å². The Labute approximate surface area is 173 Å². The number of aromatic nitrogens is 2. The van der Waals surface area contributed by atoms with E-state index in [0.717, 1.165) is 0 Å². The summed E-state index contributed by atoms with van der Waals surface area (Å²) in [5.74, 6) is -0.505. The molecule has 154 valence electrons. The van der Waals surface area contributed by atoms with Crippen molar-refractivity contribution in [2.45, 2.75) is 20.3 Å². The zero-order valence-corrected chi connectivity index (χ0v) is 16.9. The largest absolute Gasteiger partial charge is 0.456 e. The highest BCUT2D eigenvalue weighted by Gasteiger charge is 2.16. The van der Waals surface area contributed by atoms with Crippen LogP contribution in [0.5, 0.6) is 11.5 Å². The highest BCUT2D eigenvalue weighted by atomic mass is 19.1. The zero-order valence-electron chi connectivity index (χ0n) is 16.9. The molecule has 3 rings (SSSR count). The van der Waals surface area contributed by atoms with Gasteiger partial charge in [-0.25, -0.2) is 9.37 Å². The van der Waals surface area contributed by atoms with Crippen LogP contribution >= 0.6 is 0 Å². The molecule has 0 saturated heterocycles. The van der Waals surface area contributed by atoms with Crippen molar-refractivity contribution in [1.29, 1.82) is 5.41 Å². The van der Waals surface area contributed by atoms with Crippen molar-refractivity contribution >= 4 is 17.3 Å². The van der Waals surface area contributed by atoms with Crippen molar-refractivity contribution in [2.24, 2.45) is 5.73 Å². The molecule has 0 aliphatic rings. The van der Waals surface area contributed by atoms with E-state index in [2.05, 4.69) is 15.3 Å². The van der Waals surface area contributed by atoms with Gasteiger partial charge in [-0.15, -0.1) is 0 Å². The average Bonchev–Trinajstić information content (AvgIpc) is 2.72. The van der Waals surface area contributed by atoms with Gasteiger partial charge in [-0.1, -0.05) is 6.92 Å². The molecule has 4 N–H and O–H groups in total. The fourth-order valence-electron chi connectivity index (χ4n) is 3.13. The Morgan fingerprint density at radius 3 is 2.63 bits per heavy atom. The molecule has 0 radical (unpaired) electrons. The second-order valence-electron chi connectivity index (χ2n) is 6.63. The van der Waals surface area contributed by atoms with E-state index in [4.69, 9.17) is 15.9 Å². The molecule has 0 bridgehead atoms. The highest BCUT2D eigenvalue weighted by molar-refractivity contribution is 5.99. The number of benzene rings is 1. The first kappa shape index (κ1) is 20.9. The molecular formula is C22H22FN5O2. The topological polar surface area (TPSA) is 114 Å². The van der Waals surface area contributed by atoms with Crippen molar-refractivity contribution in [3.63, 3.8) is 0 Å². The number of hydrogen-bond acceptors (Lipinski definition) is 6. The SMILES string of the molecule is CCc1cc(-c2cc(Oc3cnc(C(C)=N)c(NC)c3)ccn2)cc(F)c1C(N)=O. The number of nitrogens with zero attached hydrogens (tertiary/aromatic N) is 2. The number of nitrogens with one attached hydrogen (secondary N) is 2. The Kier molecular flexibility index (Phi) is 6.06. The number of amides is 1. The maximum absolute atomic E-state index is 14.5. The lowest BCUT2D eigenvalue weighted by atomic mass is 9.99. The average molecular weight is 407 g/mol. The molecular weight excluding hydrogens is 385 g/mol. The van der Waals surface area contributed by atoms with E-state index in [0.29, 0.717) is 51.8 Å². The molecule has 0 aliphatic carbocycles. The lowest BCUT2D eigenvalue weighted by Gasteiger charge is -2.12. The van der Waals surface area contributed by atoms with Crippen molar-refractivity contribution in [1.82, 2.24) is 9.97 Å². The first-order chi connectivity index (χ1) is 14.3. The number of carbonyl (C=O) groups excluding carboxylic acids is 1. The molecule has 2 heterocycles. The minimum Gasteiger partial charge on any atom is -0.456 e. The monoisotopic (exact) mass is 407 g/mol. The van der Waals surface area contributed by atoms with Crippen LogP contribution in [0.4, 0.5) is 10.1 Å². The Balaban J connectivity index is 1.95. The van der Waals surface area contributed by atoms with Crippen LogP contribution in [0.3, 0.4) is 0 Å². The van der Waals surface area contributed by atoms with Crippen molar-refractivity contribution in [2.75, 3.05) is 12.4 Å². The third-order valence-corrected chi connectivity index (χ3v) is 4.55. The minimum atomic E-state index is -0.794. The summed E-state index contributed by atoms with van der Waals surface area (Å²) in [5, 5.41) is 10.8. The van der Waals surface area contributed by atoms with E-state index in [1.165, 1.54) is 12.3 Å². The van der Waals surface area contributed by atoms with Gasteiger partial charge in [-0.2, -0.15) is 0 Å². The molecule has 3 aromatic rings. The maximum atomic E-state index is 14.5. The van der Waals surface area contributed by atoms with Gasteiger partial charge in [-0.05, 0) is 37.1 Å². The normalized spacial score (nSPS) is 10.5. The van der Waals surface area contributed by atoms with Gasteiger partial charge in [0.1, 0.15) is 23.0 Å². The molecule has 0 atom stereocenters. The summed E-state index contributed by atoms with van der Waals surface area (Å²) in [6.07, 6.45) is 3.54. The molecule has 7 nitrogen and oxygen atoms in total. The van der Waals surface area contributed by atoms with E-state index in [-0.39, 0.29) is 5.56 Å². The van der Waals surface area contributed by atoms with E-state index >= 15 is 0 Å². The van der Waals surface area contributed by atoms with E-state index in [1.807, 2.05) is 6.92 Å². The third kappa shape index (κ3) is 4.27. The van der Waals surface area contributed by atoms with Gasteiger partial charge in [-0.3, -0.25) is 9.78 Å². The Hall–Kier alpha value is -3.81. The van der Waals surface area contributed by atoms with Crippen LogP contribution < -0.4 is 15.8 Å². The van der Waals surface area contributed by atoms with Crippen LogP contribution in [0, 0.1) is 11.2 Å². The summed E-state index contributed by atoms with van der Waals surface area (Å²) in [7, 11) is 1.74. The molecule has 2 aromatic heterocycles. The minimum absolute atomic E-state index is 0.0964. The first-order valence-corrected chi connectivity index (χ1v) is 9.33. The maximum Gasteiger partial charge on any atom is 0.251 e. The number of anilines is 1. The van der Waals surface area contributed by atoms with Gasteiger partial charge in [0.15, 0.2) is 0 Å². The summed E-state index contributed by atoms with van der Waals surface area (Å²) in [6.45, 7) is 3.48. The number of hydrogen-bond donors (Lipinski definition) is 3. The number of carbonyl (C=O) groups is 1. The van der Waals surface area contributed by atoms with E-state index in [1.54, 1.807) is 44.4 Å². The molecule has 0 fully saturated rings. The number of aryl methyl sites for hydroxylation is 1. The van der Waals surface area contributed by atoms with Crippen molar-refractivity contribution in [3.8, 4) is 22.8 Å². The summed E-state index contributed by atoms with van der Waals surface area (Å²) < 4.78 is 20.4. The van der Waals surface area contributed by atoms with E-state index < -0.39 is 11.7 Å². The van der Waals surface area contributed by atoms with Gasteiger partial charge in [0, 0.05) is 30.9 Å². The molecule has 0 saturated carbocycles. The van der Waals surface area contributed by atoms with Crippen LogP contribution in [0.2, 0.25) is 0 Å². The Bertz CT molecular complexity index is 1130. The van der Waals surface area contributed by atoms with E-state index in [9.17, 15) is 9.18 Å². The molecule has 1 aromatic carbocycles. The van der Waals surface area contributed by atoms with Gasteiger partial charge < -0.3 is 21.2 Å². The lowest BCUT2D eigenvalue weighted by Crippen LogP contribution is -2.16. The summed E-state index contributed by atoms with van der Waals surface area (Å²) in [5.41, 5.74) is 8.29. The molecule has 8 heteroatoms. The van der Waals surface area contributed by atoms with Crippen LogP contribution in [-0.4, -0.2) is 28.6 Å². The smallest absolute Gasteiger partial charge is 0.251 e. The standard InChI is InChI=1S/C22H22FN5O2/c1-4-13-7-14(8-17(23)20(13)22(25)29)18-9-15(5-6-27-18)30-16-10-19(26-3)21(12(2)24)28-11-16/h5-11,24,26H,4H2,1-3H3,(H2,25,29). The predicted molar refractivity (Wildman–Crippen MR) is 114 cm³/mol. The summed E-state index contributed by atoms with van der Waals surface area (Å²) >= 11 is 0. The Morgan fingerprint density at radius 2 is 2.00 bits per heavy atom. The van der Waals surface area contributed by atoms with Crippen molar-refractivity contribution in [3.05, 3.63) is 65.4 Å². The third-order valence-electron chi connectivity index (χ3n) is 4.55. The van der Waals surface area contributed by atoms with Crippen LogP contribution in [0.25, 0.3) is 11.3 Å². The van der Waals surface area contributed by atoms with Crippen LogP contribution in [0.15, 0.2) is 42.7 Å². The summed E-state index contributed by atoms with van der Waals surface area (Å²) in [6, 6.07) is 8.04. The number of halogens is 1. The molecule has 30 heavy (non-hydrogen) atoms. The fourth-order valence-corrected chi connectivity index (χ4v) is 3.13. The first-order valence-electron chi connectivity index (χ1n) is 9.33. The quantitative estimate of drug-likeness (QED) is 0.509. The molecule has 0 aliphatic heterocycles. The van der Waals surface area contributed by atoms with Gasteiger partial charge in [0.05, 0.1) is 28.9 Å². The second-order valence-corrected chi connectivity index (χ2v) is 6.63. The number of rotatable bonds is 7. The highest BCUT2D eigenvalue weighted by Crippen LogP contribution is 2.29. The molecule has 0 unspecified atom stereocenters. The lowest BCUT2D eigenvalue weighted by molar-refractivity contribution is 0.0995. The van der Waals surface area contributed by atoms with Gasteiger partial charge in [0.25, 0.3) is 5.91 Å². The van der Waals surface area contributed by atoms with Gasteiger partial charge >= 0.3 is 0 Å². The van der Waals surface area contributed by atoms with Gasteiger partial charge in [0.2, 0.25) is 0 Å². The fraction of sp³-hybridized carbons (Fsp3) is 0.182. The number of ether oxygens (including phenoxy) is 1. The number of primary amides is 1. The Morgan fingerprint density at radius 1 is 1.23 bits per heavy atom. The predicted octanol–water partition coefficient (Wildman–Crippen LogP) is 4.17. The number of pyridine rings is 2. The summed E-state index contributed by atoms with van der Waals surface area (Å²) in [4.78, 5) is 20.1. The second kappa shape index (κ2) is 8.69. The van der Waals surface area contributed by atoms with Crippen LogP contribution in [-0.2, 0) is 6.42 Å². The molecule has 1 amide bonds. The number of nitrogens with two attached hydrogens (primary N) is 1. The zero-order chi connectivity index (χ0) is 21.8. The van der Waals surface area contributed by atoms with Crippen LogP contribution in [0.1, 0.15) is 35.5 Å².